The van der Waals surface area contributed by atoms with Gasteiger partial charge in [-0.25, -0.2) is 0 Å². The molecule has 1 aliphatic carbocycles. The number of ketones is 1. The summed E-state index contributed by atoms with van der Waals surface area (Å²) in [5.74, 6) is 1.87. The van der Waals surface area contributed by atoms with Crippen LogP contribution in [0, 0.1) is 0 Å². The lowest BCUT2D eigenvalue weighted by Gasteiger charge is -2.30. The van der Waals surface area contributed by atoms with Gasteiger partial charge in [-0.15, -0.1) is 0 Å². The molecular weight excluding hydrogens is 412 g/mol. The zero-order valence-electron chi connectivity index (χ0n) is 18.9. The van der Waals surface area contributed by atoms with Gasteiger partial charge < -0.3 is 20.1 Å². The summed E-state index contributed by atoms with van der Waals surface area (Å²) in [6.45, 7) is 2.58. The van der Waals surface area contributed by atoms with Gasteiger partial charge in [0.1, 0.15) is 11.5 Å². The molecule has 0 fully saturated rings. The van der Waals surface area contributed by atoms with Crippen LogP contribution < -0.4 is 20.1 Å². The molecule has 2 atom stereocenters. The highest BCUT2D eigenvalue weighted by Gasteiger charge is 2.36. The average molecular weight is 441 g/mol. The van der Waals surface area contributed by atoms with Crippen LogP contribution in [0.1, 0.15) is 42.9 Å². The molecule has 5 rings (SSSR count). The number of anilines is 2. The number of para-hydroxylation sites is 3. The van der Waals surface area contributed by atoms with E-state index in [9.17, 15) is 4.79 Å². The molecule has 0 amide bonds. The first-order chi connectivity index (χ1) is 16.2. The van der Waals surface area contributed by atoms with Gasteiger partial charge in [0, 0.05) is 23.6 Å². The molecule has 1 heterocycles. The van der Waals surface area contributed by atoms with E-state index >= 15 is 0 Å². The van der Waals surface area contributed by atoms with Crippen molar-refractivity contribution in [2.45, 2.75) is 31.7 Å². The highest BCUT2D eigenvalue weighted by Crippen LogP contribution is 2.45. The topological polar surface area (TPSA) is 59.6 Å². The van der Waals surface area contributed by atoms with Crippen molar-refractivity contribution in [1.29, 1.82) is 0 Å². The Kier molecular flexibility index (Phi) is 5.78. The van der Waals surface area contributed by atoms with Crippen molar-refractivity contribution in [3.8, 4) is 11.5 Å². The van der Waals surface area contributed by atoms with Gasteiger partial charge in [0.05, 0.1) is 31.1 Å². The lowest BCUT2D eigenvalue weighted by molar-refractivity contribution is -0.116. The van der Waals surface area contributed by atoms with Crippen LogP contribution in [-0.4, -0.2) is 19.5 Å². The first-order valence-corrected chi connectivity index (χ1v) is 11.4. The molecule has 2 N–H and O–H groups in total. The van der Waals surface area contributed by atoms with Crippen molar-refractivity contribution in [1.82, 2.24) is 0 Å². The Hall–Kier alpha value is -3.73. The normalized spacial score (nSPS) is 19.5. The Labute approximate surface area is 194 Å². The monoisotopic (exact) mass is 440 g/mol. The summed E-state index contributed by atoms with van der Waals surface area (Å²) in [6.07, 6.45) is 1.20. The highest BCUT2D eigenvalue weighted by molar-refractivity contribution is 6.01. The average Bonchev–Trinajstić information content (AvgIpc) is 3.01. The molecule has 1 aliphatic heterocycles. The molecule has 5 nitrogen and oxygen atoms in total. The number of carbonyl (C=O) groups excluding carboxylic acids is 1. The van der Waals surface area contributed by atoms with E-state index in [1.807, 2.05) is 73.7 Å². The number of methoxy groups -OCH3 is 1. The predicted molar refractivity (Wildman–Crippen MR) is 131 cm³/mol. The molecule has 33 heavy (non-hydrogen) atoms. The molecule has 5 heteroatoms. The van der Waals surface area contributed by atoms with Crippen LogP contribution in [0.3, 0.4) is 0 Å². The fourth-order valence-corrected chi connectivity index (χ4v) is 4.86. The van der Waals surface area contributed by atoms with Crippen LogP contribution >= 0.6 is 0 Å². The van der Waals surface area contributed by atoms with Crippen LogP contribution in [0.2, 0.25) is 0 Å². The number of allylic oxidation sites excluding steroid dienone is 1. The van der Waals surface area contributed by atoms with E-state index in [1.165, 1.54) is 0 Å². The largest absolute Gasteiger partial charge is 0.497 e. The van der Waals surface area contributed by atoms with E-state index in [2.05, 4.69) is 16.7 Å². The molecule has 0 saturated heterocycles. The van der Waals surface area contributed by atoms with Crippen molar-refractivity contribution >= 4 is 17.2 Å². The third-order valence-corrected chi connectivity index (χ3v) is 6.42. The zero-order chi connectivity index (χ0) is 22.8. The fraction of sp³-hybridized carbons (Fsp3) is 0.250. The number of nitrogens with one attached hydrogen (secondary N) is 2. The molecule has 2 aliphatic rings. The summed E-state index contributed by atoms with van der Waals surface area (Å²) in [6, 6.07) is 23.9. The van der Waals surface area contributed by atoms with Crippen molar-refractivity contribution in [3.05, 3.63) is 95.2 Å². The lowest BCUT2D eigenvalue weighted by Crippen LogP contribution is -2.27. The van der Waals surface area contributed by atoms with Gasteiger partial charge in [0.25, 0.3) is 0 Å². The lowest BCUT2D eigenvalue weighted by atomic mass is 9.78. The van der Waals surface area contributed by atoms with Gasteiger partial charge in [-0.2, -0.15) is 0 Å². The molecule has 0 spiro atoms. The molecule has 3 aromatic rings. The number of rotatable bonds is 5. The number of benzene rings is 3. The quantitative estimate of drug-likeness (QED) is 0.504. The summed E-state index contributed by atoms with van der Waals surface area (Å²) in [4.78, 5) is 13.7. The maximum atomic E-state index is 13.7. The number of hydrogen-bond donors (Lipinski definition) is 2. The zero-order valence-corrected chi connectivity index (χ0v) is 18.9. The smallest absolute Gasteiger partial charge is 0.163 e. The van der Waals surface area contributed by atoms with Crippen molar-refractivity contribution < 1.29 is 14.3 Å². The van der Waals surface area contributed by atoms with Crippen molar-refractivity contribution in [2.24, 2.45) is 0 Å². The Morgan fingerprint density at radius 3 is 2.39 bits per heavy atom. The Morgan fingerprint density at radius 2 is 1.64 bits per heavy atom. The van der Waals surface area contributed by atoms with Crippen LogP contribution in [-0.2, 0) is 4.79 Å². The van der Waals surface area contributed by atoms with Gasteiger partial charge in [0.15, 0.2) is 5.78 Å². The molecule has 0 bridgehead atoms. The number of Topliss-reactive ketones (excluding diaryl/α,β-unsaturated/α-hetero) is 1. The molecular formula is C28H28N2O3. The van der Waals surface area contributed by atoms with Gasteiger partial charge in [-0.05, 0) is 54.8 Å². The summed E-state index contributed by atoms with van der Waals surface area (Å²) >= 11 is 0. The first-order valence-electron chi connectivity index (χ1n) is 11.4. The van der Waals surface area contributed by atoms with Crippen LogP contribution in [0.4, 0.5) is 11.4 Å². The van der Waals surface area contributed by atoms with E-state index in [1.54, 1.807) is 7.11 Å². The molecule has 0 radical (unpaired) electrons. The Balaban J connectivity index is 1.58. The molecule has 0 unspecified atom stereocenters. The second-order valence-electron chi connectivity index (χ2n) is 8.41. The van der Waals surface area contributed by atoms with Crippen LogP contribution in [0.15, 0.2) is 84.1 Å². The van der Waals surface area contributed by atoms with Crippen molar-refractivity contribution in [2.75, 3.05) is 24.4 Å². The molecule has 0 saturated carbocycles. The third kappa shape index (κ3) is 4.07. The molecule has 0 aromatic heterocycles. The number of carbonyl (C=O) groups is 1. The Morgan fingerprint density at radius 1 is 0.909 bits per heavy atom. The summed E-state index contributed by atoms with van der Waals surface area (Å²) in [7, 11) is 1.66. The van der Waals surface area contributed by atoms with E-state index < -0.39 is 0 Å². The summed E-state index contributed by atoms with van der Waals surface area (Å²) < 4.78 is 11.2. The highest BCUT2D eigenvalue weighted by atomic mass is 16.5. The number of ether oxygens (including phenoxy) is 2. The minimum atomic E-state index is -0.238. The van der Waals surface area contributed by atoms with Gasteiger partial charge in [-0.3, -0.25) is 4.79 Å². The van der Waals surface area contributed by atoms with Gasteiger partial charge in [-0.1, -0.05) is 42.5 Å². The predicted octanol–water partition coefficient (Wildman–Crippen LogP) is 6.07. The second-order valence-corrected chi connectivity index (χ2v) is 8.41. The van der Waals surface area contributed by atoms with Crippen LogP contribution in [0.25, 0.3) is 0 Å². The Bertz CT molecular complexity index is 1200. The SMILES string of the molecule is CCOc1ccccc1[C@@H]1CC(=O)C2=C(C1)Nc1ccccc1N[C@@H]2c1ccc(OC)cc1. The maximum absolute atomic E-state index is 13.7. The number of hydrogen-bond acceptors (Lipinski definition) is 5. The van der Waals surface area contributed by atoms with Gasteiger partial charge in [0.2, 0.25) is 0 Å². The second kappa shape index (κ2) is 9.02. The standard InChI is InChI=1S/C28H28N2O3/c1-3-33-26-11-7-4-8-21(26)19-16-24-27(25(31)17-19)28(18-12-14-20(32-2)15-13-18)30-23-10-6-5-9-22(23)29-24/h4-15,19,28-30H,3,16-17H2,1-2H3/t19-,28+/m0/s1. The maximum Gasteiger partial charge on any atom is 0.163 e. The molecule has 3 aromatic carbocycles. The van der Waals surface area contributed by atoms with Gasteiger partial charge >= 0.3 is 0 Å². The third-order valence-electron chi connectivity index (χ3n) is 6.42. The first kappa shape index (κ1) is 21.1. The van der Waals surface area contributed by atoms with E-state index in [0.717, 1.165) is 51.7 Å². The summed E-state index contributed by atoms with van der Waals surface area (Å²) in [5, 5.41) is 7.22. The van der Waals surface area contributed by atoms with E-state index in [4.69, 9.17) is 9.47 Å². The van der Waals surface area contributed by atoms with Crippen LogP contribution in [0.5, 0.6) is 11.5 Å². The number of fused-ring (bicyclic) bond motifs is 1. The fourth-order valence-electron chi connectivity index (χ4n) is 4.86. The van der Waals surface area contributed by atoms with Crippen molar-refractivity contribution in [3.63, 3.8) is 0 Å². The summed E-state index contributed by atoms with van der Waals surface area (Å²) in [5.41, 5.74) is 5.86. The molecule has 168 valence electrons. The minimum absolute atomic E-state index is 0.0632. The van der Waals surface area contributed by atoms with E-state index in [0.29, 0.717) is 13.0 Å². The minimum Gasteiger partial charge on any atom is -0.497 e. The van der Waals surface area contributed by atoms with E-state index in [-0.39, 0.29) is 17.7 Å².